The average molecular weight is 739 g/mol. The van der Waals surface area contributed by atoms with E-state index in [2.05, 4.69) is 240 Å². The van der Waals surface area contributed by atoms with Crippen molar-refractivity contribution in [3.05, 3.63) is 231 Å². The quantitative estimate of drug-likeness (QED) is 0.158. The number of anilines is 3. The van der Waals surface area contributed by atoms with E-state index >= 15 is 0 Å². The summed E-state index contributed by atoms with van der Waals surface area (Å²) >= 11 is 0. The summed E-state index contributed by atoms with van der Waals surface area (Å²) in [6, 6.07) is 83.7. The fourth-order valence-electron chi connectivity index (χ4n) is 8.79. The van der Waals surface area contributed by atoms with Gasteiger partial charge in [0.15, 0.2) is 0 Å². The van der Waals surface area contributed by atoms with Crippen LogP contribution in [0.5, 0.6) is 0 Å². The Kier molecular flexibility index (Phi) is 8.19. The Bertz CT molecular complexity index is 3250. The van der Waals surface area contributed by atoms with Crippen molar-refractivity contribution in [2.75, 3.05) is 4.90 Å². The molecule has 0 bridgehead atoms. The zero-order valence-corrected chi connectivity index (χ0v) is 31.8. The zero-order chi connectivity index (χ0) is 38.4. The van der Waals surface area contributed by atoms with E-state index in [0.717, 1.165) is 22.7 Å². The second-order valence-electron chi connectivity index (χ2n) is 15.0. The molecule has 10 aromatic carbocycles. The highest BCUT2D eigenvalue weighted by Gasteiger charge is 2.20. The summed E-state index contributed by atoms with van der Waals surface area (Å²) in [6.45, 7) is 0. The summed E-state index contributed by atoms with van der Waals surface area (Å²) in [4.78, 5) is 2.38. The third-order valence-electron chi connectivity index (χ3n) is 11.6. The van der Waals surface area contributed by atoms with Crippen LogP contribution in [0.25, 0.3) is 82.4 Å². The van der Waals surface area contributed by atoms with Crippen LogP contribution in [-0.2, 0) is 0 Å². The second-order valence-corrected chi connectivity index (χ2v) is 15.0. The normalized spacial score (nSPS) is 11.4. The predicted octanol–water partition coefficient (Wildman–Crippen LogP) is 15.6. The third kappa shape index (κ3) is 5.82. The molecule has 272 valence electrons. The van der Waals surface area contributed by atoms with Gasteiger partial charge in [0, 0.05) is 33.5 Å². The standard InChI is InChI=1S/C56H38N2/c1-3-13-39(14-4-1)41-27-32-48(33-28-41)57(49-34-29-42(30-35-49)45-26-25-40-15-7-8-17-44(40)37-45)50-21-11-18-46(38-50)52-23-12-24-53-56(52)55-51-22-10-9-16-43(51)31-36-54(55)58(53)47-19-5-2-6-20-47/h1-38H. The number of nitrogens with zero attached hydrogens (tertiary/aromatic N) is 2. The molecule has 0 atom stereocenters. The van der Waals surface area contributed by atoms with Gasteiger partial charge in [-0.05, 0) is 122 Å². The number of aromatic nitrogens is 1. The maximum atomic E-state index is 2.42. The molecule has 0 N–H and O–H groups in total. The first-order chi connectivity index (χ1) is 28.8. The van der Waals surface area contributed by atoms with E-state index in [4.69, 9.17) is 0 Å². The largest absolute Gasteiger partial charge is 0.310 e. The Morgan fingerprint density at radius 1 is 0.293 bits per heavy atom. The molecule has 0 unspecified atom stereocenters. The van der Waals surface area contributed by atoms with Crippen molar-refractivity contribution in [3.8, 4) is 39.1 Å². The van der Waals surface area contributed by atoms with Crippen LogP contribution in [0.1, 0.15) is 0 Å². The van der Waals surface area contributed by atoms with Gasteiger partial charge in [-0.25, -0.2) is 0 Å². The van der Waals surface area contributed by atoms with Gasteiger partial charge in [-0.3, -0.25) is 0 Å². The van der Waals surface area contributed by atoms with Crippen molar-refractivity contribution in [3.63, 3.8) is 0 Å². The van der Waals surface area contributed by atoms with Crippen molar-refractivity contribution >= 4 is 60.4 Å². The maximum Gasteiger partial charge on any atom is 0.0547 e. The van der Waals surface area contributed by atoms with Crippen LogP contribution in [0.4, 0.5) is 17.1 Å². The molecular weight excluding hydrogens is 701 g/mol. The lowest BCUT2D eigenvalue weighted by Gasteiger charge is -2.26. The molecule has 2 heteroatoms. The van der Waals surface area contributed by atoms with E-state index in [-0.39, 0.29) is 0 Å². The van der Waals surface area contributed by atoms with E-state index in [1.807, 2.05) is 0 Å². The van der Waals surface area contributed by atoms with Crippen molar-refractivity contribution < 1.29 is 0 Å². The van der Waals surface area contributed by atoms with Crippen molar-refractivity contribution in [1.82, 2.24) is 4.57 Å². The van der Waals surface area contributed by atoms with Gasteiger partial charge in [-0.2, -0.15) is 0 Å². The molecule has 1 heterocycles. The number of fused-ring (bicyclic) bond motifs is 6. The highest BCUT2D eigenvalue weighted by molar-refractivity contribution is 6.25. The Labute approximate surface area is 338 Å². The number of para-hydroxylation sites is 1. The molecule has 0 saturated carbocycles. The first kappa shape index (κ1) is 33.6. The Morgan fingerprint density at radius 2 is 0.845 bits per heavy atom. The van der Waals surface area contributed by atoms with Gasteiger partial charge in [0.2, 0.25) is 0 Å². The maximum absolute atomic E-state index is 2.42. The molecular formula is C56H38N2. The van der Waals surface area contributed by atoms with E-state index < -0.39 is 0 Å². The minimum absolute atomic E-state index is 1.09. The third-order valence-corrected chi connectivity index (χ3v) is 11.6. The summed E-state index contributed by atoms with van der Waals surface area (Å²) in [5.41, 5.74) is 14.0. The van der Waals surface area contributed by atoms with Crippen LogP contribution in [0.2, 0.25) is 0 Å². The van der Waals surface area contributed by atoms with Gasteiger partial charge < -0.3 is 9.47 Å². The van der Waals surface area contributed by atoms with Crippen LogP contribution in [0.15, 0.2) is 231 Å². The fraction of sp³-hybridized carbons (Fsp3) is 0. The van der Waals surface area contributed by atoms with E-state index in [1.54, 1.807) is 0 Å². The summed E-state index contributed by atoms with van der Waals surface area (Å²) < 4.78 is 2.42. The first-order valence-corrected chi connectivity index (χ1v) is 19.9. The van der Waals surface area contributed by atoms with Gasteiger partial charge >= 0.3 is 0 Å². The summed E-state index contributed by atoms with van der Waals surface area (Å²) in [6.07, 6.45) is 0. The number of hydrogen-bond donors (Lipinski definition) is 0. The van der Waals surface area contributed by atoms with Gasteiger partial charge in [0.05, 0.1) is 11.0 Å². The molecule has 0 aliphatic heterocycles. The van der Waals surface area contributed by atoms with E-state index in [0.29, 0.717) is 0 Å². The van der Waals surface area contributed by atoms with Crippen LogP contribution in [0, 0.1) is 0 Å². The molecule has 0 spiro atoms. The van der Waals surface area contributed by atoms with Gasteiger partial charge in [0.25, 0.3) is 0 Å². The van der Waals surface area contributed by atoms with Crippen molar-refractivity contribution in [2.24, 2.45) is 0 Å². The summed E-state index contributed by atoms with van der Waals surface area (Å²) in [7, 11) is 0. The molecule has 11 aromatic rings. The number of rotatable bonds is 7. The molecule has 1 aromatic heterocycles. The van der Waals surface area contributed by atoms with Crippen LogP contribution < -0.4 is 4.90 Å². The zero-order valence-electron chi connectivity index (χ0n) is 31.8. The Morgan fingerprint density at radius 3 is 1.60 bits per heavy atom. The molecule has 0 saturated heterocycles. The molecule has 0 amide bonds. The number of benzene rings is 10. The Hall–Kier alpha value is -7.68. The molecule has 0 radical (unpaired) electrons. The topological polar surface area (TPSA) is 8.17 Å². The lowest BCUT2D eigenvalue weighted by atomic mass is 9.96. The molecule has 58 heavy (non-hydrogen) atoms. The van der Waals surface area contributed by atoms with Gasteiger partial charge in [-0.15, -0.1) is 0 Å². The molecule has 2 nitrogen and oxygen atoms in total. The van der Waals surface area contributed by atoms with Crippen LogP contribution in [-0.4, -0.2) is 4.57 Å². The second kappa shape index (κ2) is 14.1. The first-order valence-electron chi connectivity index (χ1n) is 19.9. The fourth-order valence-corrected chi connectivity index (χ4v) is 8.79. The lowest BCUT2D eigenvalue weighted by Crippen LogP contribution is -2.10. The van der Waals surface area contributed by atoms with E-state index in [9.17, 15) is 0 Å². The molecule has 0 aliphatic carbocycles. The lowest BCUT2D eigenvalue weighted by molar-refractivity contribution is 1.18. The smallest absolute Gasteiger partial charge is 0.0547 e. The minimum atomic E-state index is 1.09. The van der Waals surface area contributed by atoms with E-state index in [1.165, 1.54) is 76.7 Å². The summed E-state index contributed by atoms with van der Waals surface area (Å²) in [5, 5.41) is 7.53. The van der Waals surface area contributed by atoms with Crippen molar-refractivity contribution in [2.45, 2.75) is 0 Å². The predicted molar refractivity (Wildman–Crippen MR) is 247 cm³/mol. The number of hydrogen-bond acceptors (Lipinski definition) is 1. The van der Waals surface area contributed by atoms with Crippen LogP contribution >= 0.6 is 0 Å². The average Bonchev–Trinajstić information content (AvgIpc) is 3.65. The van der Waals surface area contributed by atoms with Crippen molar-refractivity contribution in [1.29, 1.82) is 0 Å². The highest BCUT2D eigenvalue weighted by Crippen LogP contribution is 2.44. The van der Waals surface area contributed by atoms with Gasteiger partial charge in [-0.1, -0.05) is 164 Å². The summed E-state index contributed by atoms with van der Waals surface area (Å²) in [5.74, 6) is 0. The van der Waals surface area contributed by atoms with Crippen LogP contribution in [0.3, 0.4) is 0 Å². The monoisotopic (exact) mass is 738 g/mol. The Balaban J connectivity index is 1.08. The molecule has 11 rings (SSSR count). The highest BCUT2D eigenvalue weighted by atomic mass is 15.1. The SMILES string of the molecule is c1ccc(-c2ccc(N(c3ccc(-c4ccc5ccccc5c4)cc3)c3cccc(-c4cccc5c4c4c6ccccc6ccc4n5-c4ccccc4)c3)cc2)cc1. The molecule has 0 aliphatic rings. The minimum Gasteiger partial charge on any atom is -0.310 e. The van der Waals surface area contributed by atoms with Gasteiger partial charge in [0.1, 0.15) is 0 Å². The molecule has 0 fully saturated rings.